The first-order valence-corrected chi connectivity index (χ1v) is 6.33. The first-order valence-electron chi connectivity index (χ1n) is 6.33. The van der Waals surface area contributed by atoms with Gasteiger partial charge in [0.1, 0.15) is 6.04 Å². The molecule has 6 nitrogen and oxygen atoms in total. The van der Waals surface area contributed by atoms with Crippen LogP contribution in [0.5, 0.6) is 0 Å². The fourth-order valence-electron chi connectivity index (χ4n) is 1.72. The maximum Gasteiger partial charge on any atom is 0.303 e. The number of benzene rings is 1. The highest BCUT2D eigenvalue weighted by atomic mass is 16.4. The number of hydrogen-bond donors (Lipinski definition) is 3. The van der Waals surface area contributed by atoms with Crippen molar-refractivity contribution in [3.63, 3.8) is 0 Å². The van der Waals surface area contributed by atoms with Crippen molar-refractivity contribution in [3.05, 3.63) is 35.9 Å². The van der Waals surface area contributed by atoms with Crippen molar-refractivity contribution in [2.45, 2.75) is 31.7 Å². The van der Waals surface area contributed by atoms with E-state index in [2.05, 4.69) is 5.32 Å². The second-order valence-corrected chi connectivity index (χ2v) is 4.44. The molecule has 1 aromatic rings. The highest BCUT2D eigenvalue weighted by Crippen LogP contribution is 2.03. The quantitative estimate of drug-likeness (QED) is 0.641. The third kappa shape index (κ3) is 5.99. The molecule has 0 spiro atoms. The minimum atomic E-state index is -1.03. The minimum absolute atomic E-state index is 0.00173. The van der Waals surface area contributed by atoms with E-state index in [-0.39, 0.29) is 25.2 Å². The minimum Gasteiger partial charge on any atom is -0.481 e. The predicted molar refractivity (Wildman–Crippen MR) is 72.8 cm³/mol. The van der Waals surface area contributed by atoms with Gasteiger partial charge in [-0.3, -0.25) is 14.4 Å². The van der Waals surface area contributed by atoms with E-state index >= 15 is 0 Å². The summed E-state index contributed by atoms with van der Waals surface area (Å²) in [5, 5.41) is 11.0. The summed E-state index contributed by atoms with van der Waals surface area (Å²) in [6.45, 7) is 0. The Morgan fingerprint density at radius 2 is 1.80 bits per heavy atom. The molecule has 0 aliphatic carbocycles. The fraction of sp³-hybridized carbons (Fsp3) is 0.357. The molecule has 20 heavy (non-hydrogen) atoms. The van der Waals surface area contributed by atoms with Gasteiger partial charge in [0.25, 0.3) is 0 Å². The van der Waals surface area contributed by atoms with Gasteiger partial charge >= 0.3 is 5.97 Å². The Bertz CT molecular complexity index is 473. The second-order valence-electron chi connectivity index (χ2n) is 4.44. The van der Waals surface area contributed by atoms with Crippen molar-refractivity contribution in [3.8, 4) is 0 Å². The topological polar surface area (TPSA) is 109 Å². The number of primary amides is 1. The van der Waals surface area contributed by atoms with Crippen molar-refractivity contribution < 1.29 is 19.5 Å². The molecule has 0 unspecified atom stereocenters. The van der Waals surface area contributed by atoms with E-state index in [0.29, 0.717) is 6.42 Å². The number of carboxylic acids is 1. The number of carbonyl (C=O) groups excluding carboxylic acids is 2. The monoisotopic (exact) mass is 278 g/mol. The molecule has 1 atom stereocenters. The lowest BCUT2D eigenvalue weighted by atomic mass is 10.1. The van der Waals surface area contributed by atoms with E-state index in [4.69, 9.17) is 10.8 Å². The van der Waals surface area contributed by atoms with Crippen LogP contribution in [0.4, 0.5) is 0 Å². The van der Waals surface area contributed by atoms with Gasteiger partial charge in [-0.1, -0.05) is 30.3 Å². The van der Waals surface area contributed by atoms with Crippen LogP contribution >= 0.6 is 0 Å². The van der Waals surface area contributed by atoms with Crippen LogP contribution in [0.2, 0.25) is 0 Å². The van der Waals surface area contributed by atoms with Crippen LogP contribution in [-0.2, 0) is 20.8 Å². The summed E-state index contributed by atoms with van der Waals surface area (Å²) in [6.07, 6.45) is 0.562. The SMILES string of the molecule is NC(=O)[C@H](CCC(=O)O)NC(=O)CCc1ccccc1. The molecule has 1 rings (SSSR count). The normalized spacial score (nSPS) is 11.6. The van der Waals surface area contributed by atoms with E-state index in [9.17, 15) is 14.4 Å². The number of hydrogen-bond acceptors (Lipinski definition) is 3. The lowest BCUT2D eigenvalue weighted by Crippen LogP contribution is -2.44. The summed E-state index contributed by atoms with van der Waals surface area (Å²) in [7, 11) is 0. The van der Waals surface area contributed by atoms with Gasteiger partial charge in [0.05, 0.1) is 0 Å². The summed E-state index contributed by atoms with van der Waals surface area (Å²) in [6, 6.07) is 8.53. The van der Waals surface area contributed by atoms with Gasteiger partial charge in [-0.15, -0.1) is 0 Å². The van der Waals surface area contributed by atoms with Crippen LogP contribution in [0.15, 0.2) is 30.3 Å². The van der Waals surface area contributed by atoms with Gasteiger partial charge in [0.2, 0.25) is 11.8 Å². The molecule has 0 heterocycles. The summed E-state index contributed by atoms with van der Waals surface area (Å²) in [5.41, 5.74) is 6.15. The third-order valence-corrected chi connectivity index (χ3v) is 2.81. The highest BCUT2D eigenvalue weighted by molar-refractivity contribution is 5.87. The molecule has 4 N–H and O–H groups in total. The summed E-state index contributed by atoms with van der Waals surface area (Å²) in [4.78, 5) is 33.3. The Labute approximate surface area is 117 Å². The van der Waals surface area contributed by atoms with Gasteiger partial charge in [-0.05, 0) is 18.4 Å². The van der Waals surface area contributed by atoms with Gasteiger partial charge < -0.3 is 16.2 Å². The third-order valence-electron chi connectivity index (χ3n) is 2.81. The zero-order valence-corrected chi connectivity index (χ0v) is 11.0. The number of aryl methyl sites for hydroxylation is 1. The number of carboxylic acid groups (broad SMARTS) is 1. The molecule has 6 heteroatoms. The van der Waals surface area contributed by atoms with Gasteiger partial charge in [0, 0.05) is 12.8 Å². The Morgan fingerprint density at radius 3 is 2.35 bits per heavy atom. The summed E-state index contributed by atoms with van der Waals surface area (Å²) >= 11 is 0. The Hall–Kier alpha value is -2.37. The van der Waals surface area contributed by atoms with Crippen LogP contribution in [0.3, 0.4) is 0 Å². The molecule has 0 aliphatic rings. The highest BCUT2D eigenvalue weighted by Gasteiger charge is 2.18. The van der Waals surface area contributed by atoms with E-state index in [1.165, 1.54) is 0 Å². The van der Waals surface area contributed by atoms with E-state index in [1.54, 1.807) is 0 Å². The molecule has 2 amide bonds. The Morgan fingerprint density at radius 1 is 1.15 bits per heavy atom. The second kappa shape index (κ2) is 7.93. The van der Waals surface area contributed by atoms with Gasteiger partial charge in [-0.2, -0.15) is 0 Å². The maximum atomic E-state index is 11.7. The number of amides is 2. The first kappa shape index (κ1) is 15.7. The number of nitrogens with one attached hydrogen (secondary N) is 1. The van der Waals surface area contributed by atoms with Crippen LogP contribution in [0.1, 0.15) is 24.8 Å². The zero-order chi connectivity index (χ0) is 15.0. The van der Waals surface area contributed by atoms with Gasteiger partial charge in [-0.25, -0.2) is 0 Å². The molecular formula is C14H18N2O4. The number of rotatable bonds is 8. The molecule has 0 saturated heterocycles. The van der Waals surface area contributed by atoms with Crippen molar-refractivity contribution in [2.24, 2.45) is 5.73 Å². The molecule has 0 bridgehead atoms. The molecule has 108 valence electrons. The van der Waals surface area contributed by atoms with Crippen LogP contribution in [0.25, 0.3) is 0 Å². The predicted octanol–water partition coefficient (Wildman–Crippen LogP) is 0.454. The fourth-order valence-corrected chi connectivity index (χ4v) is 1.72. The van der Waals surface area contributed by atoms with E-state index in [0.717, 1.165) is 5.56 Å². The number of carbonyl (C=O) groups is 3. The smallest absolute Gasteiger partial charge is 0.303 e. The number of aliphatic carboxylic acids is 1. The molecule has 1 aromatic carbocycles. The van der Waals surface area contributed by atoms with Gasteiger partial charge in [0.15, 0.2) is 0 Å². The van der Waals surface area contributed by atoms with Crippen molar-refractivity contribution >= 4 is 17.8 Å². The Kier molecular flexibility index (Phi) is 6.22. The van der Waals surface area contributed by atoms with Crippen molar-refractivity contribution in [1.82, 2.24) is 5.32 Å². The van der Waals surface area contributed by atoms with Crippen molar-refractivity contribution in [1.29, 1.82) is 0 Å². The molecule has 0 fully saturated rings. The molecule has 0 radical (unpaired) electrons. The average Bonchev–Trinajstić information content (AvgIpc) is 2.41. The molecule has 0 aromatic heterocycles. The number of nitrogens with two attached hydrogens (primary N) is 1. The maximum absolute atomic E-state index is 11.7. The van der Waals surface area contributed by atoms with E-state index in [1.807, 2.05) is 30.3 Å². The van der Waals surface area contributed by atoms with Crippen LogP contribution in [0, 0.1) is 0 Å². The molecular weight excluding hydrogens is 260 g/mol. The lowest BCUT2D eigenvalue weighted by Gasteiger charge is -2.14. The summed E-state index contributed by atoms with van der Waals surface area (Å²) in [5.74, 6) is -2.07. The standard InChI is InChI=1S/C14H18N2O4/c15-14(20)11(7-9-13(18)19)16-12(17)8-6-10-4-2-1-3-5-10/h1-5,11H,6-9H2,(H2,15,20)(H,16,17)(H,18,19)/t11-/m0/s1. The molecule has 0 aliphatic heterocycles. The summed E-state index contributed by atoms with van der Waals surface area (Å²) < 4.78 is 0. The Balaban J connectivity index is 2.41. The largest absolute Gasteiger partial charge is 0.481 e. The van der Waals surface area contributed by atoms with E-state index < -0.39 is 17.9 Å². The van der Waals surface area contributed by atoms with Crippen LogP contribution < -0.4 is 11.1 Å². The molecule has 0 saturated carbocycles. The zero-order valence-electron chi connectivity index (χ0n) is 11.0. The van der Waals surface area contributed by atoms with Crippen molar-refractivity contribution in [2.75, 3.05) is 0 Å². The lowest BCUT2D eigenvalue weighted by molar-refractivity contribution is -0.137. The van der Waals surface area contributed by atoms with Crippen LogP contribution in [-0.4, -0.2) is 28.9 Å². The first-order chi connectivity index (χ1) is 9.49. The average molecular weight is 278 g/mol.